The lowest BCUT2D eigenvalue weighted by molar-refractivity contribution is -0.132. The van der Waals surface area contributed by atoms with Crippen LogP contribution in [0.25, 0.3) is 11.0 Å². The normalized spacial score (nSPS) is 14.6. The van der Waals surface area contributed by atoms with Crippen LogP contribution in [0, 0.1) is 6.92 Å². The molecular weight excluding hydrogens is 424 g/mol. The van der Waals surface area contributed by atoms with Gasteiger partial charge in [-0.05, 0) is 35.2 Å². The highest BCUT2D eigenvalue weighted by molar-refractivity contribution is 5.87. The van der Waals surface area contributed by atoms with Gasteiger partial charge in [-0.2, -0.15) is 0 Å². The lowest BCUT2D eigenvalue weighted by Gasteiger charge is -2.40. The van der Waals surface area contributed by atoms with E-state index in [0.717, 1.165) is 29.6 Å². The van der Waals surface area contributed by atoms with Crippen molar-refractivity contribution < 1.29 is 9.21 Å². The van der Waals surface area contributed by atoms with E-state index >= 15 is 0 Å². The fraction of sp³-hybridized carbons (Fsp3) is 0.241. The third-order valence-corrected chi connectivity index (χ3v) is 6.59. The number of hydrogen-bond acceptors (Lipinski definition) is 4. The van der Waals surface area contributed by atoms with Gasteiger partial charge in [0.25, 0.3) is 0 Å². The van der Waals surface area contributed by atoms with Crippen LogP contribution in [-0.2, 0) is 11.2 Å². The molecule has 5 nitrogen and oxygen atoms in total. The molecule has 1 amide bonds. The number of piperazine rings is 1. The van der Waals surface area contributed by atoms with Crippen LogP contribution in [0.1, 0.15) is 28.3 Å². The monoisotopic (exact) mass is 452 g/mol. The predicted octanol–water partition coefficient (Wildman–Crippen LogP) is 4.58. The molecule has 5 heteroatoms. The minimum Gasteiger partial charge on any atom is -0.423 e. The second kappa shape index (κ2) is 9.65. The summed E-state index contributed by atoms with van der Waals surface area (Å²) in [4.78, 5) is 29.6. The smallest absolute Gasteiger partial charge is 0.336 e. The van der Waals surface area contributed by atoms with E-state index in [1.807, 2.05) is 42.2 Å². The maximum Gasteiger partial charge on any atom is 0.336 e. The molecule has 1 aliphatic rings. The Bertz CT molecular complexity index is 1300. The largest absolute Gasteiger partial charge is 0.423 e. The summed E-state index contributed by atoms with van der Waals surface area (Å²) < 4.78 is 5.35. The minimum absolute atomic E-state index is 0.0445. The van der Waals surface area contributed by atoms with Gasteiger partial charge in [0.05, 0.1) is 12.5 Å². The van der Waals surface area contributed by atoms with Crippen LogP contribution in [-0.4, -0.2) is 41.9 Å². The van der Waals surface area contributed by atoms with Gasteiger partial charge in [0.15, 0.2) is 0 Å². The van der Waals surface area contributed by atoms with Gasteiger partial charge in [-0.3, -0.25) is 9.69 Å². The first kappa shape index (κ1) is 22.1. The number of aryl methyl sites for hydroxylation is 1. The molecule has 1 fully saturated rings. The molecule has 0 radical (unpaired) electrons. The van der Waals surface area contributed by atoms with Crippen LogP contribution in [0.2, 0.25) is 0 Å². The number of hydrogen-bond donors (Lipinski definition) is 0. The summed E-state index contributed by atoms with van der Waals surface area (Å²) in [5, 5.41) is 0.824. The quantitative estimate of drug-likeness (QED) is 0.416. The standard InChI is InChI=1S/C29H28N2O3/c1-21-12-13-25-24(20-28(33)34-26(25)18-21)19-27(32)30-14-16-31(17-15-30)29(22-8-4-2-5-9-22)23-10-6-3-7-11-23/h2-13,18,20,29H,14-17,19H2,1H3. The lowest BCUT2D eigenvalue weighted by Crippen LogP contribution is -2.50. The van der Waals surface area contributed by atoms with Crippen LogP contribution < -0.4 is 5.63 Å². The Morgan fingerprint density at radius 1 is 0.853 bits per heavy atom. The van der Waals surface area contributed by atoms with Crippen molar-refractivity contribution in [1.29, 1.82) is 0 Å². The van der Waals surface area contributed by atoms with Crippen LogP contribution in [0.15, 0.2) is 94.1 Å². The van der Waals surface area contributed by atoms with Gasteiger partial charge in [0, 0.05) is 37.6 Å². The van der Waals surface area contributed by atoms with E-state index in [2.05, 4.69) is 53.4 Å². The van der Waals surface area contributed by atoms with Crippen molar-refractivity contribution in [3.63, 3.8) is 0 Å². The first-order valence-corrected chi connectivity index (χ1v) is 11.7. The molecule has 2 heterocycles. The molecule has 0 N–H and O–H groups in total. The Labute approximate surface area is 199 Å². The lowest BCUT2D eigenvalue weighted by atomic mass is 9.96. The van der Waals surface area contributed by atoms with E-state index in [-0.39, 0.29) is 18.4 Å². The van der Waals surface area contributed by atoms with Crippen LogP contribution in [0.4, 0.5) is 0 Å². The molecule has 4 aromatic rings. The molecular formula is C29H28N2O3. The SMILES string of the molecule is Cc1ccc2c(CC(=O)N3CCN(C(c4ccccc4)c4ccccc4)CC3)cc(=O)oc2c1. The minimum atomic E-state index is -0.417. The fourth-order valence-electron chi connectivity index (χ4n) is 4.87. The Balaban J connectivity index is 1.32. The molecule has 34 heavy (non-hydrogen) atoms. The van der Waals surface area contributed by atoms with Crippen LogP contribution >= 0.6 is 0 Å². The van der Waals surface area contributed by atoms with Crippen LogP contribution in [0.5, 0.6) is 0 Å². The number of carbonyl (C=O) groups is 1. The number of amides is 1. The van der Waals surface area contributed by atoms with Gasteiger partial charge in [0.1, 0.15) is 5.58 Å². The van der Waals surface area contributed by atoms with Gasteiger partial charge >= 0.3 is 5.63 Å². The van der Waals surface area contributed by atoms with Crippen molar-refractivity contribution in [1.82, 2.24) is 9.80 Å². The second-order valence-electron chi connectivity index (χ2n) is 8.91. The highest BCUT2D eigenvalue weighted by Crippen LogP contribution is 2.29. The van der Waals surface area contributed by atoms with Crippen molar-refractivity contribution in [2.45, 2.75) is 19.4 Å². The Morgan fingerprint density at radius 3 is 2.09 bits per heavy atom. The number of fused-ring (bicyclic) bond motifs is 1. The van der Waals surface area contributed by atoms with E-state index < -0.39 is 5.63 Å². The third kappa shape index (κ3) is 4.66. The maximum atomic E-state index is 13.2. The van der Waals surface area contributed by atoms with E-state index in [1.165, 1.54) is 17.2 Å². The van der Waals surface area contributed by atoms with E-state index in [4.69, 9.17) is 4.42 Å². The summed E-state index contributed by atoms with van der Waals surface area (Å²) in [6, 6.07) is 28.4. The molecule has 1 aliphatic heterocycles. The molecule has 0 spiro atoms. The van der Waals surface area contributed by atoms with Gasteiger partial charge in [-0.1, -0.05) is 72.8 Å². The zero-order valence-corrected chi connectivity index (χ0v) is 19.3. The zero-order valence-electron chi connectivity index (χ0n) is 19.3. The summed E-state index contributed by atoms with van der Waals surface area (Å²) in [5.41, 5.74) is 4.37. The fourth-order valence-corrected chi connectivity index (χ4v) is 4.87. The summed E-state index contributed by atoms with van der Waals surface area (Å²) in [6.45, 7) is 4.85. The van der Waals surface area contributed by atoms with Gasteiger partial charge < -0.3 is 9.32 Å². The summed E-state index contributed by atoms with van der Waals surface area (Å²) >= 11 is 0. The molecule has 3 aromatic carbocycles. The molecule has 5 rings (SSSR count). The van der Waals surface area contributed by atoms with Gasteiger partial charge in [0.2, 0.25) is 5.91 Å². The predicted molar refractivity (Wildman–Crippen MR) is 134 cm³/mol. The number of benzene rings is 3. The molecule has 0 unspecified atom stereocenters. The first-order chi connectivity index (χ1) is 16.6. The highest BCUT2D eigenvalue weighted by Gasteiger charge is 2.28. The average Bonchev–Trinajstić information content (AvgIpc) is 2.85. The average molecular weight is 453 g/mol. The molecule has 1 aromatic heterocycles. The van der Waals surface area contributed by atoms with E-state index in [9.17, 15) is 9.59 Å². The van der Waals surface area contributed by atoms with Crippen molar-refractivity contribution in [2.24, 2.45) is 0 Å². The van der Waals surface area contributed by atoms with Crippen molar-refractivity contribution in [3.8, 4) is 0 Å². The summed E-state index contributed by atoms with van der Waals surface area (Å²) in [6.07, 6.45) is 0.200. The van der Waals surface area contributed by atoms with Crippen molar-refractivity contribution in [2.75, 3.05) is 26.2 Å². The third-order valence-electron chi connectivity index (χ3n) is 6.59. The Morgan fingerprint density at radius 2 is 1.47 bits per heavy atom. The van der Waals surface area contributed by atoms with Crippen molar-refractivity contribution >= 4 is 16.9 Å². The molecule has 0 atom stereocenters. The van der Waals surface area contributed by atoms with E-state index in [0.29, 0.717) is 18.7 Å². The Kier molecular flexibility index (Phi) is 6.28. The molecule has 1 saturated heterocycles. The highest BCUT2D eigenvalue weighted by atomic mass is 16.4. The number of nitrogens with zero attached hydrogens (tertiary/aromatic N) is 2. The molecule has 0 saturated carbocycles. The topological polar surface area (TPSA) is 53.8 Å². The second-order valence-corrected chi connectivity index (χ2v) is 8.91. The first-order valence-electron chi connectivity index (χ1n) is 11.7. The zero-order chi connectivity index (χ0) is 23.5. The van der Waals surface area contributed by atoms with Gasteiger partial charge in [-0.15, -0.1) is 0 Å². The number of carbonyl (C=O) groups excluding carboxylic acids is 1. The Hall–Kier alpha value is -3.70. The summed E-state index contributed by atoms with van der Waals surface area (Å²) in [7, 11) is 0. The van der Waals surface area contributed by atoms with Crippen molar-refractivity contribution in [3.05, 3.63) is 118 Å². The molecule has 0 aliphatic carbocycles. The van der Waals surface area contributed by atoms with Gasteiger partial charge in [-0.25, -0.2) is 4.79 Å². The molecule has 0 bridgehead atoms. The molecule has 172 valence electrons. The number of rotatable bonds is 5. The maximum absolute atomic E-state index is 13.2. The van der Waals surface area contributed by atoms with E-state index in [1.54, 1.807) is 0 Å². The summed E-state index contributed by atoms with van der Waals surface area (Å²) in [5.74, 6) is 0.0445. The van der Waals surface area contributed by atoms with Crippen LogP contribution in [0.3, 0.4) is 0 Å².